The molecule has 1 saturated heterocycles. The molecule has 0 radical (unpaired) electrons. The molecule has 0 spiro atoms. The highest BCUT2D eigenvalue weighted by Gasteiger charge is 2.21. The Morgan fingerprint density at radius 1 is 1.03 bits per heavy atom. The highest BCUT2D eigenvalue weighted by atomic mass is 32.1. The molecule has 0 unspecified atom stereocenters. The van der Waals surface area contributed by atoms with Crippen LogP contribution < -0.4 is 25.3 Å². The molecule has 4 heterocycles. The van der Waals surface area contributed by atoms with Gasteiger partial charge in [0.15, 0.2) is 10.7 Å². The Morgan fingerprint density at radius 3 is 2.47 bits per heavy atom. The average molecular weight is 813 g/mol. The molecule has 17 heteroatoms. The minimum atomic E-state index is -0.612. The van der Waals surface area contributed by atoms with Crippen LogP contribution in [0.4, 0.5) is 0 Å². The number of thiazole rings is 1. The van der Waals surface area contributed by atoms with E-state index in [1.807, 2.05) is 35.1 Å². The fraction of sp³-hybridized carbons (Fsp3) is 0.390. The number of methoxy groups -OCH3 is 1. The van der Waals surface area contributed by atoms with Crippen molar-refractivity contribution in [1.82, 2.24) is 29.3 Å². The van der Waals surface area contributed by atoms with Crippen molar-refractivity contribution in [2.45, 2.75) is 60.0 Å². The third-order valence-electron chi connectivity index (χ3n) is 9.52. The minimum absolute atomic E-state index is 0.0805. The highest BCUT2D eigenvalue weighted by molar-refractivity contribution is 7.16. The standard InChI is InChI=1S/C41H48N8O8S/c1-6-29(43-25(3)51)23-35-45-31-21-28(39(42)52)22-33(56-16-10-11-47-14-17-55-18-15-47)36(31)48(35)12-8-9-13-49-37-32(54-5)19-27(24-50)20-34(37)58-41(49)46-40(53)38-30(7-2)44-26(4)57-38/h8-9,19-24H,6-7,10-18H2,1-5H3,(H2,42,52)(H,43,51)/b9-8+,29-23+,46-41?. The molecule has 0 atom stereocenters. The summed E-state index contributed by atoms with van der Waals surface area (Å²) in [6, 6.07) is 6.65. The Bertz CT molecular complexity index is 2470. The Balaban J connectivity index is 1.39. The fourth-order valence-corrected chi connectivity index (χ4v) is 7.85. The van der Waals surface area contributed by atoms with E-state index in [9.17, 15) is 19.2 Å². The van der Waals surface area contributed by atoms with Gasteiger partial charge in [-0.1, -0.05) is 37.3 Å². The molecule has 3 aromatic heterocycles. The van der Waals surface area contributed by atoms with Crippen LogP contribution in [0.3, 0.4) is 0 Å². The normalized spacial score (nSPS) is 14.2. The highest BCUT2D eigenvalue weighted by Crippen LogP contribution is 2.32. The zero-order chi connectivity index (χ0) is 41.3. The number of carbonyl (C=O) groups is 4. The predicted octanol–water partition coefficient (Wildman–Crippen LogP) is 4.82. The lowest BCUT2D eigenvalue weighted by Crippen LogP contribution is -2.37. The number of oxazole rings is 1. The molecule has 5 aromatic rings. The first-order chi connectivity index (χ1) is 28.0. The number of aromatic nitrogens is 4. The Hall–Kier alpha value is -5.91. The van der Waals surface area contributed by atoms with Crippen molar-refractivity contribution >= 4 is 62.7 Å². The third-order valence-corrected chi connectivity index (χ3v) is 10.5. The van der Waals surface area contributed by atoms with E-state index in [2.05, 4.69) is 20.2 Å². The summed E-state index contributed by atoms with van der Waals surface area (Å²) in [5.41, 5.74) is 9.42. The average Bonchev–Trinajstić information content (AvgIpc) is 3.89. The van der Waals surface area contributed by atoms with Crippen molar-refractivity contribution in [3.05, 3.63) is 81.2 Å². The first-order valence-electron chi connectivity index (χ1n) is 19.1. The van der Waals surface area contributed by atoms with E-state index in [1.165, 1.54) is 25.4 Å². The summed E-state index contributed by atoms with van der Waals surface area (Å²) in [6.45, 7) is 11.9. The van der Waals surface area contributed by atoms with Gasteiger partial charge in [-0.15, -0.1) is 0 Å². The number of fused-ring (bicyclic) bond motifs is 2. The molecule has 1 aliphatic rings. The second kappa shape index (κ2) is 19.0. The number of benzene rings is 2. The number of hydrogen-bond donors (Lipinski definition) is 2. The smallest absolute Gasteiger partial charge is 0.317 e. The number of morpholine rings is 1. The number of aryl methyl sites for hydroxylation is 2. The van der Waals surface area contributed by atoms with Crippen molar-refractivity contribution in [3.8, 4) is 11.5 Å². The number of primary amides is 1. The van der Waals surface area contributed by atoms with Gasteiger partial charge in [-0.3, -0.25) is 24.1 Å². The van der Waals surface area contributed by atoms with Crippen LogP contribution in [0.15, 0.2) is 51.5 Å². The number of allylic oxidation sites excluding steroid dienone is 3. The summed E-state index contributed by atoms with van der Waals surface area (Å²) in [4.78, 5) is 66.2. The lowest BCUT2D eigenvalue weighted by molar-refractivity contribution is -0.118. The van der Waals surface area contributed by atoms with Gasteiger partial charge in [0.05, 0.1) is 42.8 Å². The van der Waals surface area contributed by atoms with E-state index in [4.69, 9.17) is 29.3 Å². The van der Waals surface area contributed by atoms with E-state index >= 15 is 0 Å². The number of nitrogens with two attached hydrogens (primary N) is 1. The number of carbonyl (C=O) groups excluding carboxylic acids is 4. The van der Waals surface area contributed by atoms with Gasteiger partial charge >= 0.3 is 5.91 Å². The molecule has 306 valence electrons. The number of imidazole rings is 1. The van der Waals surface area contributed by atoms with E-state index < -0.39 is 11.8 Å². The van der Waals surface area contributed by atoms with Crippen LogP contribution in [-0.4, -0.2) is 94.6 Å². The van der Waals surface area contributed by atoms with Gasteiger partial charge in [0.25, 0.3) is 0 Å². The lowest BCUT2D eigenvalue weighted by atomic mass is 10.1. The molecule has 3 N–H and O–H groups in total. The summed E-state index contributed by atoms with van der Waals surface area (Å²) in [6.07, 6.45) is 8.19. The van der Waals surface area contributed by atoms with Crippen LogP contribution in [0.5, 0.6) is 11.5 Å². The SMILES string of the molecule is CC/C(=C\c1nc2cc(C(N)=O)cc(OCCCN3CCOCC3)c2n1C/C=C/Cn1c(=NC(=O)c2oc(C)nc2CC)sc2cc(C=O)cc(OC)c21)NC(C)=O. The minimum Gasteiger partial charge on any atom is -0.494 e. The lowest BCUT2D eigenvalue weighted by Gasteiger charge is -2.26. The number of rotatable bonds is 17. The Kier molecular flexibility index (Phi) is 13.7. The molecule has 1 fully saturated rings. The number of amides is 3. The van der Waals surface area contributed by atoms with Crippen molar-refractivity contribution in [2.24, 2.45) is 10.7 Å². The zero-order valence-corrected chi connectivity index (χ0v) is 34.1. The summed E-state index contributed by atoms with van der Waals surface area (Å²) >= 11 is 1.24. The second-order valence-electron chi connectivity index (χ2n) is 13.6. The summed E-state index contributed by atoms with van der Waals surface area (Å²) in [5, 5.41) is 2.88. The van der Waals surface area contributed by atoms with Crippen molar-refractivity contribution in [1.29, 1.82) is 0 Å². The third kappa shape index (κ3) is 9.61. The quantitative estimate of drug-likeness (QED) is 0.0742. The Morgan fingerprint density at radius 2 is 1.79 bits per heavy atom. The van der Waals surface area contributed by atoms with Crippen LogP contribution in [-0.2, 0) is 29.0 Å². The van der Waals surface area contributed by atoms with Crippen LogP contribution in [0.1, 0.15) is 82.3 Å². The van der Waals surface area contributed by atoms with Gasteiger partial charge in [0, 0.05) is 69.5 Å². The van der Waals surface area contributed by atoms with Crippen molar-refractivity contribution < 1.29 is 37.8 Å². The molecule has 0 bridgehead atoms. The molecule has 2 aromatic carbocycles. The zero-order valence-electron chi connectivity index (χ0n) is 33.3. The maximum Gasteiger partial charge on any atom is 0.317 e. The van der Waals surface area contributed by atoms with E-state index in [1.54, 1.807) is 37.3 Å². The number of nitrogens with zero attached hydrogens (tertiary/aromatic N) is 6. The number of aldehydes is 1. The van der Waals surface area contributed by atoms with E-state index in [0.29, 0.717) is 105 Å². The molecular formula is C41H48N8O8S. The molecule has 0 saturated carbocycles. The largest absolute Gasteiger partial charge is 0.494 e. The van der Waals surface area contributed by atoms with Gasteiger partial charge < -0.3 is 38.8 Å². The first-order valence-corrected chi connectivity index (χ1v) is 20.0. The van der Waals surface area contributed by atoms with Gasteiger partial charge in [-0.05, 0) is 43.5 Å². The van der Waals surface area contributed by atoms with Crippen LogP contribution in [0, 0.1) is 6.92 Å². The molecule has 6 rings (SSSR count). The number of nitrogens with one attached hydrogen (secondary N) is 1. The van der Waals surface area contributed by atoms with E-state index in [-0.39, 0.29) is 23.8 Å². The number of ether oxygens (including phenoxy) is 3. The molecule has 0 aliphatic carbocycles. The van der Waals surface area contributed by atoms with Crippen LogP contribution in [0.2, 0.25) is 0 Å². The summed E-state index contributed by atoms with van der Waals surface area (Å²) < 4.78 is 27.7. The van der Waals surface area contributed by atoms with E-state index in [0.717, 1.165) is 32.3 Å². The van der Waals surface area contributed by atoms with Gasteiger partial charge in [-0.25, -0.2) is 9.97 Å². The van der Waals surface area contributed by atoms with Gasteiger partial charge in [0.2, 0.25) is 17.6 Å². The molecule has 3 amide bonds. The fourth-order valence-electron chi connectivity index (χ4n) is 6.74. The van der Waals surface area contributed by atoms with Gasteiger partial charge in [-0.2, -0.15) is 4.99 Å². The predicted molar refractivity (Wildman–Crippen MR) is 219 cm³/mol. The monoisotopic (exact) mass is 812 g/mol. The maximum atomic E-state index is 13.5. The molecule has 58 heavy (non-hydrogen) atoms. The molecule has 16 nitrogen and oxygen atoms in total. The van der Waals surface area contributed by atoms with Gasteiger partial charge in [0.1, 0.15) is 34.6 Å². The van der Waals surface area contributed by atoms with Crippen molar-refractivity contribution in [2.75, 3.05) is 46.6 Å². The first kappa shape index (κ1) is 41.7. The summed E-state index contributed by atoms with van der Waals surface area (Å²) in [7, 11) is 1.52. The second-order valence-corrected chi connectivity index (χ2v) is 14.6. The van der Waals surface area contributed by atoms with Crippen LogP contribution in [0.25, 0.3) is 27.3 Å². The van der Waals surface area contributed by atoms with Crippen molar-refractivity contribution in [3.63, 3.8) is 0 Å². The Labute approximate surface area is 339 Å². The van der Waals surface area contributed by atoms with Crippen LogP contribution >= 0.6 is 11.3 Å². The topological polar surface area (TPSA) is 198 Å². The number of hydrogen-bond acceptors (Lipinski definition) is 12. The summed E-state index contributed by atoms with van der Waals surface area (Å²) in [5.74, 6) is 0.479. The molecule has 1 aliphatic heterocycles. The maximum absolute atomic E-state index is 13.5. The molecular weight excluding hydrogens is 765 g/mol.